The second kappa shape index (κ2) is 6.11. The van der Waals surface area contributed by atoms with Crippen LogP contribution < -0.4 is 4.74 Å². The number of amides is 1. The summed E-state index contributed by atoms with van der Waals surface area (Å²) in [5.41, 5.74) is 0.312. The zero-order valence-corrected chi connectivity index (χ0v) is 13.1. The van der Waals surface area contributed by atoms with Gasteiger partial charge in [-0.15, -0.1) is 11.3 Å². The standard InChI is InChI=1S/C12H17NO5S2/c1-3-20(15,16)12-10(17-2)9(8-19-12)11(14)13-4-6-18-7-5-13/h8H,3-7H2,1-2H3. The number of rotatable bonds is 4. The number of methoxy groups -OCH3 is 1. The quantitative estimate of drug-likeness (QED) is 0.828. The van der Waals surface area contributed by atoms with Crippen molar-refractivity contribution in [1.29, 1.82) is 0 Å². The largest absolute Gasteiger partial charge is 0.494 e. The van der Waals surface area contributed by atoms with E-state index in [1.54, 1.807) is 17.2 Å². The van der Waals surface area contributed by atoms with Crippen molar-refractivity contribution >= 4 is 27.1 Å². The van der Waals surface area contributed by atoms with Gasteiger partial charge in [0.2, 0.25) is 0 Å². The zero-order chi connectivity index (χ0) is 14.8. The average molecular weight is 319 g/mol. The van der Waals surface area contributed by atoms with Crippen LogP contribution in [0.5, 0.6) is 5.75 Å². The van der Waals surface area contributed by atoms with Crippen LogP contribution in [0.15, 0.2) is 9.59 Å². The van der Waals surface area contributed by atoms with E-state index in [1.807, 2.05) is 0 Å². The monoisotopic (exact) mass is 319 g/mol. The highest BCUT2D eigenvalue weighted by Gasteiger charge is 2.29. The summed E-state index contributed by atoms with van der Waals surface area (Å²) in [6, 6.07) is 0. The highest BCUT2D eigenvalue weighted by atomic mass is 32.2. The lowest BCUT2D eigenvalue weighted by Crippen LogP contribution is -2.40. The minimum absolute atomic E-state index is 0.0188. The van der Waals surface area contributed by atoms with Crippen molar-refractivity contribution in [2.24, 2.45) is 0 Å². The van der Waals surface area contributed by atoms with Gasteiger partial charge in [0.25, 0.3) is 5.91 Å². The fourth-order valence-electron chi connectivity index (χ4n) is 1.95. The summed E-state index contributed by atoms with van der Waals surface area (Å²) in [5.74, 6) is -0.0676. The maximum atomic E-state index is 12.4. The van der Waals surface area contributed by atoms with Crippen molar-refractivity contribution in [3.05, 3.63) is 10.9 Å². The molecular weight excluding hydrogens is 302 g/mol. The van der Waals surface area contributed by atoms with Gasteiger partial charge in [0.1, 0.15) is 0 Å². The minimum Gasteiger partial charge on any atom is -0.494 e. The maximum absolute atomic E-state index is 12.4. The number of morpholine rings is 1. The maximum Gasteiger partial charge on any atom is 0.258 e. The van der Waals surface area contributed by atoms with Gasteiger partial charge in [-0.1, -0.05) is 6.92 Å². The van der Waals surface area contributed by atoms with Crippen LogP contribution in [0.2, 0.25) is 0 Å². The Morgan fingerprint density at radius 1 is 1.45 bits per heavy atom. The highest BCUT2D eigenvalue weighted by molar-refractivity contribution is 7.93. The molecule has 0 bridgehead atoms. The average Bonchev–Trinajstić information content (AvgIpc) is 2.92. The first kappa shape index (κ1) is 15.3. The molecule has 0 N–H and O–H groups in total. The van der Waals surface area contributed by atoms with Crippen molar-refractivity contribution in [2.75, 3.05) is 39.2 Å². The molecule has 2 rings (SSSR count). The first-order valence-electron chi connectivity index (χ1n) is 6.26. The number of hydrogen-bond donors (Lipinski definition) is 0. The highest BCUT2D eigenvalue weighted by Crippen LogP contribution is 2.36. The van der Waals surface area contributed by atoms with E-state index in [0.29, 0.717) is 31.9 Å². The topological polar surface area (TPSA) is 72.9 Å². The van der Waals surface area contributed by atoms with Gasteiger partial charge in [-0.2, -0.15) is 0 Å². The smallest absolute Gasteiger partial charge is 0.258 e. The molecular formula is C12H17NO5S2. The fraction of sp³-hybridized carbons (Fsp3) is 0.583. The molecule has 0 unspecified atom stereocenters. The first-order chi connectivity index (χ1) is 9.51. The molecule has 0 aromatic carbocycles. The Bertz CT molecular complexity index is 587. The van der Waals surface area contributed by atoms with E-state index >= 15 is 0 Å². The van der Waals surface area contributed by atoms with E-state index in [4.69, 9.17) is 9.47 Å². The molecule has 1 fully saturated rings. The Hall–Kier alpha value is -1.12. The van der Waals surface area contributed by atoms with E-state index < -0.39 is 9.84 Å². The van der Waals surface area contributed by atoms with E-state index in [-0.39, 0.29) is 21.6 Å². The Kier molecular flexibility index (Phi) is 4.66. The Morgan fingerprint density at radius 3 is 2.65 bits per heavy atom. The molecule has 1 aromatic heterocycles. The summed E-state index contributed by atoms with van der Waals surface area (Å²) in [4.78, 5) is 14.1. The lowest BCUT2D eigenvalue weighted by molar-refractivity contribution is 0.0301. The van der Waals surface area contributed by atoms with Crippen LogP contribution >= 0.6 is 11.3 Å². The number of hydrogen-bond acceptors (Lipinski definition) is 6. The SMILES string of the molecule is CCS(=O)(=O)c1scc(C(=O)N2CCOCC2)c1OC. The van der Waals surface area contributed by atoms with Crippen LogP contribution in [0.25, 0.3) is 0 Å². The summed E-state index contributed by atoms with van der Waals surface area (Å²) < 4.78 is 34.5. The van der Waals surface area contributed by atoms with Crippen LogP contribution in [0.3, 0.4) is 0 Å². The first-order valence-corrected chi connectivity index (χ1v) is 8.79. The minimum atomic E-state index is -3.39. The van der Waals surface area contributed by atoms with Gasteiger partial charge in [-0.05, 0) is 0 Å². The van der Waals surface area contributed by atoms with Gasteiger partial charge in [-0.3, -0.25) is 4.79 Å². The van der Waals surface area contributed by atoms with Gasteiger partial charge in [0.05, 0.1) is 31.6 Å². The molecule has 0 aliphatic carbocycles. The van der Waals surface area contributed by atoms with Crippen LogP contribution in [0.4, 0.5) is 0 Å². The molecule has 20 heavy (non-hydrogen) atoms. The van der Waals surface area contributed by atoms with Gasteiger partial charge >= 0.3 is 0 Å². The third kappa shape index (κ3) is 2.82. The lowest BCUT2D eigenvalue weighted by Gasteiger charge is -2.26. The van der Waals surface area contributed by atoms with Crippen LogP contribution in [0, 0.1) is 0 Å². The number of ether oxygens (including phenoxy) is 2. The predicted octanol–water partition coefficient (Wildman–Crippen LogP) is 1.02. The van der Waals surface area contributed by atoms with Gasteiger partial charge in [0.15, 0.2) is 19.8 Å². The molecule has 0 spiro atoms. The number of carbonyl (C=O) groups is 1. The Labute approximate surface area is 122 Å². The van der Waals surface area contributed by atoms with Crippen molar-refractivity contribution in [3.8, 4) is 5.75 Å². The zero-order valence-electron chi connectivity index (χ0n) is 11.4. The van der Waals surface area contributed by atoms with E-state index in [0.717, 1.165) is 11.3 Å². The Morgan fingerprint density at radius 2 is 2.10 bits per heavy atom. The molecule has 1 aliphatic heterocycles. The van der Waals surface area contributed by atoms with Crippen LogP contribution in [-0.4, -0.2) is 58.4 Å². The van der Waals surface area contributed by atoms with Gasteiger partial charge in [0, 0.05) is 18.5 Å². The summed E-state index contributed by atoms with van der Waals surface area (Å²) in [7, 11) is -2.00. The molecule has 1 amide bonds. The van der Waals surface area contributed by atoms with Gasteiger partial charge in [-0.25, -0.2) is 8.42 Å². The third-order valence-corrected chi connectivity index (χ3v) is 6.42. The lowest BCUT2D eigenvalue weighted by atomic mass is 10.2. The molecule has 1 aliphatic rings. The summed E-state index contributed by atoms with van der Waals surface area (Å²) in [5, 5.41) is 1.55. The predicted molar refractivity (Wildman–Crippen MR) is 75.3 cm³/mol. The number of sulfone groups is 1. The normalized spacial score (nSPS) is 16.2. The fourth-order valence-corrected chi connectivity index (χ4v) is 4.51. The molecule has 0 radical (unpaired) electrons. The number of carbonyl (C=O) groups excluding carboxylic acids is 1. The van der Waals surface area contributed by atoms with Crippen molar-refractivity contribution in [2.45, 2.75) is 11.1 Å². The molecule has 8 heteroatoms. The van der Waals surface area contributed by atoms with E-state index in [9.17, 15) is 13.2 Å². The van der Waals surface area contributed by atoms with Crippen molar-refractivity contribution < 1.29 is 22.7 Å². The van der Waals surface area contributed by atoms with E-state index in [1.165, 1.54) is 7.11 Å². The van der Waals surface area contributed by atoms with Crippen LogP contribution in [-0.2, 0) is 14.6 Å². The summed E-state index contributed by atoms with van der Waals surface area (Å²) in [6.07, 6.45) is 0. The summed E-state index contributed by atoms with van der Waals surface area (Å²) in [6.45, 7) is 3.58. The molecule has 6 nitrogen and oxygen atoms in total. The second-order valence-corrected chi connectivity index (χ2v) is 7.63. The van der Waals surface area contributed by atoms with Crippen molar-refractivity contribution in [3.63, 3.8) is 0 Å². The number of nitrogens with zero attached hydrogens (tertiary/aromatic N) is 1. The molecule has 1 saturated heterocycles. The number of thiophene rings is 1. The second-order valence-electron chi connectivity index (χ2n) is 4.28. The molecule has 1 aromatic rings. The molecule has 112 valence electrons. The molecule has 0 saturated carbocycles. The van der Waals surface area contributed by atoms with Crippen molar-refractivity contribution in [1.82, 2.24) is 4.90 Å². The summed E-state index contributed by atoms with van der Waals surface area (Å²) >= 11 is 1.03. The molecule has 2 heterocycles. The third-order valence-electron chi connectivity index (χ3n) is 3.11. The van der Waals surface area contributed by atoms with Crippen LogP contribution in [0.1, 0.15) is 17.3 Å². The molecule has 0 atom stereocenters. The van der Waals surface area contributed by atoms with Gasteiger partial charge < -0.3 is 14.4 Å². The van der Waals surface area contributed by atoms with E-state index in [2.05, 4.69) is 0 Å². The Balaban J connectivity index is 2.35.